The van der Waals surface area contributed by atoms with Gasteiger partial charge in [0.25, 0.3) is 0 Å². The van der Waals surface area contributed by atoms with Gasteiger partial charge < -0.3 is 0 Å². The molecule has 0 atom stereocenters. The molecule has 0 radical (unpaired) electrons. The van der Waals surface area contributed by atoms with Crippen molar-refractivity contribution < 1.29 is 9.18 Å². The highest BCUT2D eigenvalue weighted by molar-refractivity contribution is 5.90. The lowest BCUT2D eigenvalue weighted by Gasteiger charge is -2.12. The van der Waals surface area contributed by atoms with Crippen LogP contribution in [-0.2, 0) is 0 Å². The summed E-state index contributed by atoms with van der Waals surface area (Å²) in [6, 6.07) is 7.55. The molecule has 19 heavy (non-hydrogen) atoms. The summed E-state index contributed by atoms with van der Waals surface area (Å²) in [7, 11) is 0. The Bertz CT molecular complexity index is 634. The highest BCUT2D eigenvalue weighted by Gasteiger charge is 2.11. The van der Waals surface area contributed by atoms with Crippen LogP contribution in [0.5, 0.6) is 0 Å². The lowest BCUT2D eigenvalue weighted by molar-refractivity contribution is 0.112. The molecule has 0 aromatic heterocycles. The van der Waals surface area contributed by atoms with E-state index >= 15 is 0 Å². The maximum atomic E-state index is 13.7. The third kappa shape index (κ3) is 2.43. The number of aryl methyl sites for hydroxylation is 4. The summed E-state index contributed by atoms with van der Waals surface area (Å²) in [4.78, 5) is 11.3. The number of hydrogen-bond acceptors (Lipinski definition) is 1. The first-order valence-corrected chi connectivity index (χ1v) is 6.27. The van der Waals surface area contributed by atoms with Crippen molar-refractivity contribution in [2.45, 2.75) is 27.7 Å². The van der Waals surface area contributed by atoms with E-state index in [9.17, 15) is 9.18 Å². The van der Waals surface area contributed by atoms with E-state index in [1.807, 2.05) is 26.0 Å². The van der Waals surface area contributed by atoms with Crippen LogP contribution in [0.1, 0.15) is 32.6 Å². The van der Waals surface area contributed by atoms with Crippen LogP contribution >= 0.6 is 0 Å². The molecule has 0 aliphatic rings. The van der Waals surface area contributed by atoms with Crippen LogP contribution in [0.3, 0.4) is 0 Å². The minimum absolute atomic E-state index is 0.180. The molecule has 0 saturated carbocycles. The predicted molar refractivity (Wildman–Crippen MR) is 76.2 cm³/mol. The molecule has 0 unspecified atom stereocenters. The van der Waals surface area contributed by atoms with E-state index in [1.54, 1.807) is 26.0 Å². The molecule has 0 spiro atoms. The minimum Gasteiger partial charge on any atom is -0.298 e. The first-order chi connectivity index (χ1) is 8.93. The molecule has 0 saturated heterocycles. The number of benzene rings is 2. The average molecular weight is 256 g/mol. The molecule has 0 fully saturated rings. The minimum atomic E-state index is -0.180. The fourth-order valence-corrected chi connectivity index (χ4v) is 2.48. The molecule has 0 bridgehead atoms. The van der Waals surface area contributed by atoms with Crippen LogP contribution in [0.15, 0.2) is 24.3 Å². The van der Waals surface area contributed by atoms with Crippen LogP contribution in [0, 0.1) is 33.5 Å². The van der Waals surface area contributed by atoms with E-state index in [2.05, 4.69) is 0 Å². The van der Waals surface area contributed by atoms with Gasteiger partial charge in [-0.1, -0.05) is 17.7 Å². The molecule has 2 aromatic rings. The number of carbonyl (C=O) groups excluding carboxylic acids is 1. The lowest BCUT2D eigenvalue weighted by atomic mass is 9.92. The van der Waals surface area contributed by atoms with Crippen molar-refractivity contribution in [1.82, 2.24) is 0 Å². The number of hydrogen-bond donors (Lipinski definition) is 0. The Hall–Kier alpha value is -1.96. The Morgan fingerprint density at radius 2 is 1.47 bits per heavy atom. The molecule has 0 amide bonds. The van der Waals surface area contributed by atoms with Crippen LogP contribution in [0.25, 0.3) is 11.1 Å². The van der Waals surface area contributed by atoms with Crippen molar-refractivity contribution in [3.63, 3.8) is 0 Å². The van der Waals surface area contributed by atoms with Crippen LogP contribution in [0.2, 0.25) is 0 Å². The number of rotatable bonds is 2. The quantitative estimate of drug-likeness (QED) is 0.721. The van der Waals surface area contributed by atoms with Gasteiger partial charge in [-0.3, -0.25) is 4.79 Å². The van der Waals surface area contributed by atoms with Gasteiger partial charge in [0.2, 0.25) is 0 Å². The second-order valence-corrected chi connectivity index (χ2v) is 5.08. The SMILES string of the molecule is Cc1cc(C)c(C=O)c(-c2cc(C)c(F)c(C)c2)c1. The molecular weight excluding hydrogens is 239 g/mol. The van der Waals surface area contributed by atoms with Gasteiger partial charge in [-0.25, -0.2) is 4.39 Å². The summed E-state index contributed by atoms with van der Waals surface area (Å²) in [5, 5.41) is 0. The molecule has 0 aliphatic carbocycles. The number of carbonyl (C=O) groups is 1. The largest absolute Gasteiger partial charge is 0.298 e. The fourth-order valence-electron chi connectivity index (χ4n) is 2.48. The Kier molecular flexibility index (Phi) is 3.52. The second kappa shape index (κ2) is 4.96. The maximum absolute atomic E-state index is 13.7. The topological polar surface area (TPSA) is 17.1 Å². The van der Waals surface area contributed by atoms with Gasteiger partial charge in [-0.05, 0) is 67.6 Å². The molecule has 0 aliphatic heterocycles. The monoisotopic (exact) mass is 256 g/mol. The van der Waals surface area contributed by atoms with Crippen LogP contribution < -0.4 is 0 Å². The van der Waals surface area contributed by atoms with Crippen molar-refractivity contribution in [2.24, 2.45) is 0 Å². The van der Waals surface area contributed by atoms with Gasteiger partial charge in [0.05, 0.1) is 0 Å². The zero-order valence-corrected chi connectivity index (χ0v) is 11.7. The third-order valence-corrected chi connectivity index (χ3v) is 3.40. The summed E-state index contributed by atoms with van der Waals surface area (Å²) < 4.78 is 13.7. The summed E-state index contributed by atoms with van der Waals surface area (Å²) in [5.74, 6) is -0.180. The number of aldehydes is 1. The van der Waals surface area contributed by atoms with Gasteiger partial charge in [0.1, 0.15) is 5.82 Å². The van der Waals surface area contributed by atoms with Crippen LogP contribution in [0.4, 0.5) is 4.39 Å². The summed E-state index contributed by atoms with van der Waals surface area (Å²) in [6.45, 7) is 7.40. The first-order valence-electron chi connectivity index (χ1n) is 6.27. The summed E-state index contributed by atoms with van der Waals surface area (Å²) in [5.41, 5.74) is 5.69. The lowest BCUT2D eigenvalue weighted by Crippen LogP contribution is -1.96. The molecular formula is C17H17FO. The third-order valence-electron chi connectivity index (χ3n) is 3.40. The first kappa shape index (κ1) is 13.5. The van der Waals surface area contributed by atoms with Gasteiger partial charge in [0.15, 0.2) is 6.29 Å². The van der Waals surface area contributed by atoms with Crippen molar-refractivity contribution in [3.05, 3.63) is 57.9 Å². The number of halogens is 1. The molecule has 0 N–H and O–H groups in total. The van der Waals surface area contributed by atoms with E-state index in [0.29, 0.717) is 16.7 Å². The smallest absolute Gasteiger partial charge is 0.150 e. The van der Waals surface area contributed by atoms with Crippen molar-refractivity contribution in [1.29, 1.82) is 0 Å². The zero-order chi connectivity index (χ0) is 14.2. The van der Waals surface area contributed by atoms with Gasteiger partial charge in [-0.15, -0.1) is 0 Å². The van der Waals surface area contributed by atoms with Gasteiger partial charge in [-0.2, -0.15) is 0 Å². The Labute approximate surface area is 113 Å². The fraction of sp³-hybridized carbons (Fsp3) is 0.235. The van der Waals surface area contributed by atoms with Gasteiger partial charge in [0, 0.05) is 5.56 Å². The summed E-state index contributed by atoms with van der Waals surface area (Å²) >= 11 is 0. The Morgan fingerprint density at radius 3 is 2.00 bits per heavy atom. The molecule has 2 rings (SSSR count). The highest BCUT2D eigenvalue weighted by Crippen LogP contribution is 2.29. The second-order valence-electron chi connectivity index (χ2n) is 5.08. The molecule has 1 nitrogen and oxygen atoms in total. The molecule has 2 aromatic carbocycles. The Morgan fingerprint density at radius 1 is 0.895 bits per heavy atom. The maximum Gasteiger partial charge on any atom is 0.150 e. The van der Waals surface area contributed by atoms with Crippen molar-refractivity contribution in [2.75, 3.05) is 0 Å². The van der Waals surface area contributed by atoms with Gasteiger partial charge >= 0.3 is 0 Å². The molecule has 0 heterocycles. The van der Waals surface area contributed by atoms with E-state index in [0.717, 1.165) is 28.5 Å². The van der Waals surface area contributed by atoms with E-state index in [-0.39, 0.29) is 5.82 Å². The molecule has 2 heteroatoms. The average Bonchev–Trinajstić information content (AvgIpc) is 2.34. The van der Waals surface area contributed by atoms with E-state index < -0.39 is 0 Å². The van der Waals surface area contributed by atoms with E-state index in [1.165, 1.54) is 0 Å². The van der Waals surface area contributed by atoms with E-state index in [4.69, 9.17) is 0 Å². The van der Waals surface area contributed by atoms with Crippen molar-refractivity contribution in [3.8, 4) is 11.1 Å². The standard InChI is InChI=1S/C17H17FO/c1-10-5-11(2)16(9-19)15(6-10)14-7-12(3)17(18)13(4)8-14/h5-9H,1-4H3. The highest BCUT2D eigenvalue weighted by atomic mass is 19.1. The Balaban J connectivity index is 2.75. The predicted octanol–water partition coefficient (Wildman–Crippen LogP) is 4.54. The van der Waals surface area contributed by atoms with Crippen LogP contribution in [-0.4, -0.2) is 6.29 Å². The zero-order valence-electron chi connectivity index (χ0n) is 11.7. The normalized spacial score (nSPS) is 10.6. The summed E-state index contributed by atoms with van der Waals surface area (Å²) in [6.07, 6.45) is 0.873. The van der Waals surface area contributed by atoms with Crippen molar-refractivity contribution >= 4 is 6.29 Å². The molecule has 98 valence electrons.